The van der Waals surface area contributed by atoms with Crippen LogP contribution in [0.15, 0.2) is 0 Å². The van der Waals surface area contributed by atoms with Gasteiger partial charge in [-0.05, 0) is 18.8 Å². The second kappa shape index (κ2) is 5.13. The Hall–Kier alpha value is -0.640. The van der Waals surface area contributed by atoms with Gasteiger partial charge in [-0.1, -0.05) is 39.4 Å². The van der Waals surface area contributed by atoms with Crippen molar-refractivity contribution in [3.05, 3.63) is 0 Å². The lowest BCUT2D eigenvalue weighted by Crippen LogP contribution is -2.43. The molecule has 0 aromatic rings. The van der Waals surface area contributed by atoms with Gasteiger partial charge in [-0.15, -0.1) is 0 Å². The lowest BCUT2D eigenvalue weighted by atomic mass is 9.92. The van der Waals surface area contributed by atoms with Gasteiger partial charge in [-0.25, -0.2) is 0 Å². The van der Waals surface area contributed by atoms with Crippen molar-refractivity contribution in [3.63, 3.8) is 0 Å². The van der Waals surface area contributed by atoms with Gasteiger partial charge < -0.3 is 11.1 Å². The highest BCUT2D eigenvalue weighted by Gasteiger charge is 2.31. The highest BCUT2D eigenvalue weighted by Crippen LogP contribution is 2.31. The number of hydrogen-bond acceptors (Lipinski definition) is 2. The number of hydrogen-bond donors (Lipinski definition) is 2. The predicted molar refractivity (Wildman–Crippen MR) is 70.1 cm³/mol. The Bertz CT molecular complexity index is 289. The van der Waals surface area contributed by atoms with Gasteiger partial charge in [0.1, 0.15) is 0 Å². The topological polar surface area (TPSA) is 55.1 Å². The first-order chi connectivity index (χ1) is 7.34. The molecule has 1 fully saturated rings. The molecule has 0 radical (unpaired) electrons. The molecule has 1 aliphatic rings. The maximum Gasteiger partial charge on any atom is 0.223 e. The summed E-state index contributed by atoms with van der Waals surface area (Å²) in [5, 5.41) is 2.97. The molecule has 1 amide bonds. The molecule has 0 aliphatic heterocycles. The highest BCUT2D eigenvalue weighted by atomic mass is 32.1. The average molecular weight is 242 g/mol. The molecule has 0 saturated heterocycles. The van der Waals surface area contributed by atoms with Crippen molar-refractivity contribution >= 4 is 23.1 Å². The van der Waals surface area contributed by atoms with Crippen molar-refractivity contribution in [1.29, 1.82) is 0 Å². The van der Waals surface area contributed by atoms with E-state index >= 15 is 0 Å². The van der Waals surface area contributed by atoms with E-state index in [0.29, 0.717) is 17.5 Å². The number of amides is 1. The van der Waals surface area contributed by atoms with E-state index < -0.39 is 0 Å². The number of thiocarbonyl (C=S) groups is 1. The van der Waals surface area contributed by atoms with Crippen LogP contribution in [0.3, 0.4) is 0 Å². The number of nitrogens with one attached hydrogen (secondary N) is 1. The summed E-state index contributed by atoms with van der Waals surface area (Å²) in [6.45, 7) is 6.59. The molecule has 4 heteroatoms. The molecule has 0 spiro atoms. The summed E-state index contributed by atoms with van der Waals surface area (Å²) >= 11 is 4.97. The number of carbonyl (C=O) groups excluding carboxylic acids is 1. The standard InChI is InChI=1S/C12H22N2OS/c1-8-5-4-6-9(8)10(15)14-7-12(2,3)11(13)16/h8-9H,4-7H2,1-3H3,(H2,13,16)(H,14,15). The summed E-state index contributed by atoms with van der Waals surface area (Å²) in [6, 6.07) is 0. The molecule has 3 nitrogen and oxygen atoms in total. The van der Waals surface area contributed by atoms with Gasteiger partial charge in [0.2, 0.25) is 5.91 Å². The Morgan fingerprint density at radius 2 is 2.12 bits per heavy atom. The summed E-state index contributed by atoms with van der Waals surface area (Å²) in [6.07, 6.45) is 3.34. The molecule has 1 aliphatic carbocycles. The maximum absolute atomic E-state index is 11.9. The third-order valence-corrected chi connectivity index (χ3v) is 4.12. The Morgan fingerprint density at radius 3 is 2.56 bits per heavy atom. The fourth-order valence-electron chi connectivity index (χ4n) is 2.06. The largest absolute Gasteiger partial charge is 0.393 e. The summed E-state index contributed by atoms with van der Waals surface area (Å²) in [5.74, 6) is 0.851. The fourth-order valence-corrected chi connectivity index (χ4v) is 2.13. The number of carbonyl (C=O) groups is 1. The van der Waals surface area contributed by atoms with Crippen LogP contribution in [0.1, 0.15) is 40.0 Å². The van der Waals surface area contributed by atoms with Crippen LogP contribution in [0.5, 0.6) is 0 Å². The smallest absolute Gasteiger partial charge is 0.223 e. The molecular weight excluding hydrogens is 220 g/mol. The van der Waals surface area contributed by atoms with E-state index in [4.69, 9.17) is 18.0 Å². The molecule has 1 rings (SSSR count). The third kappa shape index (κ3) is 3.17. The summed E-state index contributed by atoms with van der Waals surface area (Å²) < 4.78 is 0. The monoisotopic (exact) mass is 242 g/mol. The Balaban J connectivity index is 2.44. The van der Waals surface area contributed by atoms with Crippen molar-refractivity contribution in [2.75, 3.05) is 6.54 Å². The van der Waals surface area contributed by atoms with E-state index in [-0.39, 0.29) is 17.2 Å². The van der Waals surface area contributed by atoms with Crippen LogP contribution in [0.2, 0.25) is 0 Å². The van der Waals surface area contributed by atoms with Crippen LogP contribution >= 0.6 is 12.2 Å². The van der Waals surface area contributed by atoms with Crippen molar-refractivity contribution in [1.82, 2.24) is 5.32 Å². The molecule has 0 bridgehead atoms. The normalized spacial score (nSPS) is 25.4. The summed E-state index contributed by atoms with van der Waals surface area (Å²) in [5.41, 5.74) is 5.32. The summed E-state index contributed by atoms with van der Waals surface area (Å²) in [4.78, 5) is 12.4. The number of nitrogens with two attached hydrogens (primary N) is 1. The molecule has 0 heterocycles. The molecule has 0 aromatic carbocycles. The lowest BCUT2D eigenvalue weighted by Gasteiger charge is -2.25. The maximum atomic E-state index is 11.9. The molecule has 0 aromatic heterocycles. The molecule has 2 unspecified atom stereocenters. The zero-order chi connectivity index (χ0) is 12.3. The molecule has 1 saturated carbocycles. The van der Waals surface area contributed by atoms with Gasteiger partial charge in [0, 0.05) is 17.9 Å². The van der Waals surface area contributed by atoms with Gasteiger partial charge in [-0.2, -0.15) is 0 Å². The van der Waals surface area contributed by atoms with Crippen LogP contribution in [0.4, 0.5) is 0 Å². The minimum absolute atomic E-state index is 0.161. The minimum Gasteiger partial charge on any atom is -0.393 e. The lowest BCUT2D eigenvalue weighted by molar-refractivity contribution is -0.126. The molecule has 2 atom stereocenters. The van der Waals surface area contributed by atoms with E-state index in [1.165, 1.54) is 0 Å². The summed E-state index contributed by atoms with van der Waals surface area (Å²) in [7, 11) is 0. The molecule has 16 heavy (non-hydrogen) atoms. The van der Waals surface area contributed by atoms with Gasteiger partial charge in [0.25, 0.3) is 0 Å². The number of rotatable bonds is 4. The fraction of sp³-hybridized carbons (Fsp3) is 0.833. The second-order valence-electron chi connectivity index (χ2n) is 5.48. The zero-order valence-electron chi connectivity index (χ0n) is 10.4. The second-order valence-corrected chi connectivity index (χ2v) is 5.92. The van der Waals surface area contributed by atoms with Crippen molar-refractivity contribution in [2.24, 2.45) is 23.0 Å². The van der Waals surface area contributed by atoms with Gasteiger partial charge in [0.15, 0.2) is 0 Å². The van der Waals surface area contributed by atoms with E-state index in [1.54, 1.807) is 0 Å². The van der Waals surface area contributed by atoms with Gasteiger partial charge in [0.05, 0.1) is 4.99 Å². The van der Waals surface area contributed by atoms with E-state index in [0.717, 1.165) is 19.3 Å². The van der Waals surface area contributed by atoms with Crippen LogP contribution in [0, 0.1) is 17.3 Å². The van der Waals surface area contributed by atoms with Crippen LogP contribution in [0.25, 0.3) is 0 Å². The molecule has 92 valence electrons. The highest BCUT2D eigenvalue weighted by molar-refractivity contribution is 7.80. The zero-order valence-corrected chi connectivity index (χ0v) is 11.2. The first-order valence-electron chi connectivity index (χ1n) is 5.92. The van der Waals surface area contributed by atoms with Gasteiger partial charge >= 0.3 is 0 Å². The van der Waals surface area contributed by atoms with Crippen molar-refractivity contribution < 1.29 is 4.79 Å². The van der Waals surface area contributed by atoms with Crippen molar-refractivity contribution in [2.45, 2.75) is 40.0 Å². The Labute approximate surface area is 103 Å². The quantitative estimate of drug-likeness (QED) is 0.740. The molecular formula is C12H22N2OS. The third-order valence-electron chi connectivity index (χ3n) is 3.57. The first-order valence-corrected chi connectivity index (χ1v) is 6.33. The first kappa shape index (κ1) is 13.4. The Kier molecular flexibility index (Phi) is 4.30. The minimum atomic E-state index is -0.299. The van der Waals surface area contributed by atoms with Crippen LogP contribution in [-0.4, -0.2) is 17.4 Å². The van der Waals surface area contributed by atoms with E-state index in [2.05, 4.69) is 12.2 Å². The molecule has 3 N–H and O–H groups in total. The van der Waals surface area contributed by atoms with Gasteiger partial charge in [-0.3, -0.25) is 4.79 Å². The van der Waals surface area contributed by atoms with Crippen LogP contribution < -0.4 is 11.1 Å². The Morgan fingerprint density at radius 1 is 1.50 bits per heavy atom. The SMILES string of the molecule is CC1CCCC1C(=O)NCC(C)(C)C(N)=S. The van der Waals surface area contributed by atoms with Crippen molar-refractivity contribution in [3.8, 4) is 0 Å². The average Bonchev–Trinajstić information content (AvgIpc) is 2.61. The van der Waals surface area contributed by atoms with Crippen LogP contribution in [-0.2, 0) is 4.79 Å². The van der Waals surface area contributed by atoms with E-state index in [1.807, 2.05) is 13.8 Å². The van der Waals surface area contributed by atoms with E-state index in [9.17, 15) is 4.79 Å². The predicted octanol–water partition coefficient (Wildman–Crippen LogP) is 1.85.